The second-order valence-electron chi connectivity index (χ2n) is 4.48. The zero-order chi connectivity index (χ0) is 14.2. The highest BCUT2D eigenvalue weighted by Gasteiger charge is 2.14. The maximum absolute atomic E-state index is 13.3. The fraction of sp³-hybridized carbons (Fsp3) is 0.0714. The summed E-state index contributed by atoms with van der Waals surface area (Å²) in [6, 6.07) is 10.4. The molecule has 0 fully saturated rings. The number of thiophene rings is 1. The van der Waals surface area contributed by atoms with Gasteiger partial charge in [0.2, 0.25) is 4.96 Å². The molecule has 4 nitrogen and oxygen atoms in total. The number of nitrogens with zero attached hydrogens (tertiary/aromatic N) is 4. The van der Waals surface area contributed by atoms with E-state index in [0.717, 1.165) is 16.4 Å². The predicted octanol–water partition coefficient (Wildman–Crippen LogP) is 3.64. The van der Waals surface area contributed by atoms with Crippen molar-refractivity contribution in [3.63, 3.8) is 0 Å². The Kier molecular flexibility index (Phi) is 3.01. The fourth-order valence-corrected chi connectivity index (χ4v) is 3.75. The van der Waals surface area contributed by atoms with Crippen molar-refractivity contribution < 1.29 is 4.39 Å². The van der Waals surface area contributed by atoms with E-state index in [0.29, 0.717) is 11.4 Å². The van der Waals surface area contributed by atoms with Crippen LogP contribution in [-0.2, 0) is 6.42 Å². The third kappa shape index (κ3) is 2.34. The highest BCUT2D eigenvalue weighted by Crippen LogP contribution is 2.24. The molecule has 1 aromatic carbocycles. The second kappa shape index (κ2) is 5.01. The molecule has 0 saturated carbocycles. The number of benzene rings is 1. The van der Waals surface area contributed by atoms with Crippen molar-refractivity contribution in [1.29, 1.82) is 0 Å². The van der Waals surface area contributed by atoms with Crippen molar-refractivity contribution in [2.45, 2.75) is 6.42 Å². The minimum Gasteiger partial charge on any atom is -0.207 e. The van der Waals surface area contributed by atoms with Crippen molar-refractivity contribution in [1.82, 2.24) is 19.8 Å². The summed E-state index contributed by atoms with van der Waals surface area (Å²) in [4.78, 5) is 1.98. The Hall–Kier alpha value is -2.12. The van der Waals surface area contributed by atoms with Crippen molar-refractivity contribution >= 4 is 27.6 Å². The van der Waals surface area contributed by atoms with Crippen LogP contribution in [-0.4, -0.2) is 19.8 Å². The average Bonchev–Trinajstić information content (AvgIpc) is 3.15. The molecule has 104 valence electrons. The molecule has 0 unspecified atom stereocenters. The van der Waals surface area contributed by atoms with Crippen LogP contribution in [0.1, 0.15) is 9.88 Å². The van der Waals surface area contributed by atoms with Crippen LogP contribution >= 0.6 is 22.7 Å². The molecule has 0 aliphatic carbocycles. The Morgan fingerprint density at radius 3 is 2.90 bits per heavy atom. The van der Waals surface area contributed by atoms with E-state index in [2.05, 4.69) is 21.4 Å². The Labute approximate surface area is 127 Å². The molecule has 0 N–H and O–H groups in total. The number of hydrogen-bond acceptors (Lipinski definition) is 5. The fourth-order valence-electron chi connectivity index (χ4n) is 2.10. The molecule has 0 atom stereocenters. The summed E-state index contributed by atoms with van der Waals surface area (Å²) in [5.41, 5.74) is 0.676. The first-order chi connectivity index (χ1) is 10.3. The monoisotopic (exact) mass is 316 g/mol. The molecular weight excluding hydrogens is 307 g/mol. The molecule has 0 saturated heterocycles. The Morgan fingerprint density at radius 2 is 2.10 bits per heavy atom. The van der Waals surface area contributed by atoms with E-state index in [4.69, 9.17) is 0 Å². The summed E-state index contributed by atoms with van der Waals surface area (Å²) in [5.74, 6) is 0.275. The minimum absolute atomic E-state index is 0.293. The first kappa shape index (κ1) is 12.6. The van der Waals surface area contributed by atoms with Crippen molar-refractivity contribution in [2.75, 3.05) is 0 Å². The molecule has 0 aliphatic heterocycles. The summed E-state index contributed by atoms with van der Waals surface area (Å²) in [6.07, 6.45) is 0.786. The summed E-state index contributed by atoms with van der Waals surface area (Å²) in [6.45, 7) is 0. The number of halogens is 1. The topological polar surface area (TPSA) is 43.1 Å². The van der Waals surface area contributed by atoms with Gasteiger partial charge >= 0.3 is 0 Å². The van der Waals surface area contributed by atoms with E-state index >= 15 is 0 Å². The Bertz CT molecular complexity index is 895. The van der Waals surface area contributed by atoms with Gasteiger partial charge in [0, 0.05) is 16.9 Å². The third-order valence-corrected chi connectivity index (χ3v) is 4.80. The van der Waals surface area contributed by atoms with Gasteiger partial charge in [-0.25, -0.2) is 4.39 Å². The Morgan fingerprint density at radius 1 is 1.14 bits per heavy atom. The molecule has 0 amide bonds. The van der Waals surface area contributed by atoms with E-state index < -0.39 is 0 Å². The molecule has 4 rings (SSSR count). The van der Waals surface area contributed by atoms with Crippen LogP contribution < -0.4 is 0 Å². The largest absolute Gasteiger partial charge is 0.234 e. The van der Waals surface area contributed by atoms with E-state index in [1.807, 2.05) is 11.4 Å². The first-order valence-electron chi connectivity index (χ1n) is 6.29. The zero-order valence-electron chi connectivity index (χ0n) is 10.7. The summed E-state index contributed by atoms with van der Waals surface area (Å²) in [5, 5.41) is 15.8. The normalized spacial score (nSPS) is 11.3. The van der Waals surface area contributed by atoms with E-state index in [1.54, 1.807) is 28.0 Å². The molecule has 21 heavy (non-hydrogen) atoms. The molecule has 4 aromatic rings. The number of hydrogen-bond donors (Lipinski definition) is 0. The lowest BCUT2D eigenvalue weighted by Crippen LogP contribution is -1.93. The molecule has 3 aromatic heterocycles. The summed E-state index contributed by atoms with van der Waals surface area (Å²) < 4.78 is 15.0. The quantitative estimate of drug-likeness (QED) is 0.579. The second-order valence-corrected chi connectivity index (χ2v) is 6.55. The molecular formula is C14H9FN4S2. The van der Waals surface area contributed by atoms with Crippen LogP contribution in [0.25, 0.3) is 16.3 Å². The summed E-state index contributed by atoms with van der Waals surface area (Å²) >= 11 is 3.21. The lowest BCUT2D eigenvalue weighted by atomic mass is 10.2. The third-order valence-electron chi connectivity index (χ3n) is 3.02. The standard InChI is InChI=1S/C14H9FN4S2/c15-10-4-1-3-9(7-10)13-16-17-14-19(13)18-12(21-14)8-11-5-2-6-20-11/h1-7H,8H2. The maximum Gasteiger partial charge on any atom is 0.234 e. The van der Waals surface area contributed by atoms with Crippen LogP contribution in [0.5, 0.6) is 0 Å². The van der Waals surface area contributed by atoms with Gasteiger partial charge in [-0.15, -0.1) is 21.5 Å². The molecule has 0 aliphatic rings. The maximum atomic E-state index is 13.3. The van der Waals surface area contributed by atoms with Crippen molar-refractivity contribution in [2.24, 2.45) is 0 Å². The van der Waals surface area contributed by atoms with Crippen LogP contribution in [0.15, 0.2) is 41.8 Å². The van der Waals surface area contributed by atoms with Crippen LogP contribution in [0, 0.1) is 5.82 Å². The highest BCUT2D eigenvalue weighted by molar-refractivity contribution is 7.17. The zero-order valence-corrected chi connectivity index (χ0v) is 12.4. The van der Waals surface area contributed by atoms with E-state index in [9.17, 15) is 4.39 Å². The lowest BCUT2D eigenvalue weighted by molar-refractivity contribution is 0.628. The number of fused-ring (bicyclic) bond motifs is 1. The van der Waals surface area contributed by atoms with Gasteiger partial charge in [-0.1, -0.05) is 29.5 Å². The number of aromatic nitrogens is 4. The average molecular weight is 316 g/mol. The van der Waals surface area contributed by atoms with Crippen LogP contribution in [0.3, 0.4) is 0 Å². The van der Waals surface area contributed by atoms with E-state index in [-0.39, 0.29) is 5.82 Å². The molecule has 0 bridgehead atoms. The highest BCUT2D eigenvalue weighted by atomic mass is 32.1. The van der Waals surface area contributed by atoms with Crippen molar-refractivity contribution in [3.8, 4) is 11.4 Å². The summed E-state index contributed by atoms with van der Waals surface area (Å²) in [7, 11) is 0. The van der Waals surface area contributed by atoms with E-state index in [1.165, 1.54) is 28.3 Å². The van der Waals surface area contributed by atoms with Crippen LogP contribution in [0.2, 0.25) is 0 Å². The molecule has 0 radical (unpaired) electrons. The number of rotatable bonds is 3. The van der Waals surface area contributed by atoms with Gasteiger partial charge in [-0.05, 0) is 23.6 Å². The SMILES string of the molecule is Fc1cccc(-c2nnc3sc(Cc4cccs4)nn23)c1. The predicted molar refractivity (Wildman–Crippen MR) is 81.2 cm³/mol. The lowest BCUT2D eigenvalue weighted by Gasteiger charge is -1.96. The molecule has 3 heterocycles. The van der Waals surface area contributed by atoms with Gasteiger partial charge in [0.15, 0.2) is 5.82 Å². The van der Waals surface area contributed by atoms with Gasteiger partial charge in [-0.2, -0.15) is 9.61 Å². The first-order valence-corrected chi connectivity index (χ1v) is 7.99. The van der Waals surface area contributed by atoms with Crippen LogP contribution in [0.4, 0.5) is 4.39 Å². The van der Waals surface area contributed by atoms with Crippen molar-refractivity contribution in [3.05, 3.63) is 57.5 Å². The Balaban J connectivity index is 1.76. The van der Waals surface area contributed by atoms with Gasteiger partial charge in [0.1, 0.15) is 10.8 Å². The minimum atomic E-state index is -0.293. The van der Waals surface area contributed by atoms with Gasteiger partial charge in [0.05, 0.1) is 0 Å². The molecule has 0 spiro atoms. The molecule has 7 heteroatoms. The van der Waals surface area contributed by atoms with Gasteiger partial charge in [-0.3, -0.25) is 0 Å². The smallest absolute Gasteiger partial charge is 0.207 e. The van der Waals surface area contributed by atoms with Gasteiger partial charge in [0.25, 0.3) is 0 Å². The van der Waals surface area contributed by atoms with Gasteiger partial charge < -0.3 is 0 Å².